The highest BCUT2D eigenvalue weighted by atomic mass is 32.1. The predicted molar refractivity (Wildman–Crippen MR) is 105 cm³/mol. The zero-order valence-electron chi connectivity index (χ0n) is 15.3. The van der Waals surface area contributed by atoms with Crippen LogP contribution in [0.5, 0.6) is 0 Å². The largest absolute Gasteiger partial charge is 0.464 e. The molecule has 6 nitrogen and oxygen atoms in total. The maximum absolute atomic E-state index is 12.2. The van der Waals surface area contributed by atoms with Crippen molar-refractivity contribution >= 4 is 39.2 Å². The SMILES string of the molecule is Cc1ccc2c(CC(=O)OCC(=O)Nc3sc4c(c3C#N)CCC4)coc2c1. The molecular formula is C21H18N2O4S. The highest BCUT2D eigenvalue weighted by Crippen LogP contribution is 2.38. The molecule has 7 heteroatoms. The first kappa shape index (κ1) is 18.3. The van der Waals surface area contributed by atoms with E-state index in [1.54, 1.807) is 0 Å². The fourth-order valence-corrected chi connectivity index (χ4v) is 4.71. The number of furan rings is 1. The molecule has 0 saturated carbocycles. The summed E-state index contributed by atoms with van der Waals surface area (Å²) in [6, 6.07) is 7.94. The first-order chi connectivity index (χ1) is 13.5. The van der Waals surface area contributed by atoms with E-state index >= 15 is 0 Å². The number of thiophene rings is 1. The van der Waals surface area contributed by atoms with Gasteiger partial charge in [-0.25, -0.2) is 0 Å². The van der Waals surface area contributed by atoms with Gasteiger partial charge in [-0.1, -0.05) is 12.1 Å². The summed E-state index contributed by atoms with van der Waals surface area (Å²) in [4.78, 5) is 25.4. The van der Waals surface area contributed by atoms with Gasteiger partial charge in [0.05, 0.1) is 18.2 Å². The third-order valence-electron chi connectivity index (χ3n) is 4.80. The number of nitrogens with zero attached hydrogens (tertiary/aromatic N) is 1. The van der Waals surface area contributed by atoms with Gasteiger partial charge in [-0.3, -0.25) is 9.59 Å². The quantitative estimate of drug-likeness (QED) is 0.663. The van der Waals surface area contributed by atoms with Crippen LogP contribution in [0.15, 0.2) is 28.9 Å². The Labute approximate surface area is 165 Å². The minimum atomic E-state index is -0.507. The van der Waals surface area contributed by atoms with Crippen LogP contribution in [0, 0.1) is 18.3 Å². The van der Waals surface area contributed by atoms with Crippen molar-refractivity contribution in [3.05, 3.63) is 51.6 Å². The number of aryl methyl sites for hydroxylation is 2. The lowest BCUT2D eigenvalue weighted by molar-refractivity contribution is -0.146. The van der Waals surface area contributed by atoms with Gasteiger partial charge < -0.3 is 14.5 Å². The van der Waals surface area contributed by atoms with Crippen molar-refractivity contribution in [3.8, 4) is 6.07 Å². The van der Waals surface area contributed by atoms with E-state index in [2.05, 4.69) is 11.4 Å². The number of carbonyl (C=O) groups is 2. The lowest BCUT2D eigenvalue weighted by Gasteiger charge is -2.06. The topological polar surface area (TPSA) is 92.3 Å². The van der Waals surface area contributed by atoms with E-state index < -0.39 is 11.9 Å². The maximum Gasteiger partial charge on any atom is 0.310 e. The highest BCUT2D eigenvalue weighted by Gasteiger charge is 2.23. The highest BCUT2D eigenvalue weighted by molar-refractivity contribution is 7.16. The number of nitrogens with one attached hydrogen (secondary N) is 1. The monoisotopic (exact) mass is 394 g/mol. The molecule has 1 aliphatic carbocycles. The smallest absolute Gasteiger partial charge is 0.310 e. The van der Waals surface area contributed by atoms with Crippen molar-refractivity contribution in [1.29, 1.82) is 5.26 Å². The Morgan fingerprint density at radius 2 is 2.21 bits per heavy atom. The molecule has 0 unspecified atom stereocenters. The van der Waals surface area contributed by atoms with E-state index in [9.17, 15) is 14.9 Å². The van der Waals surface area contributed by atoms with Gasteiger partial charge in [-0.15, -0.1) is 11.3 Å². The number of esters is 1. The van der Waals surface area contributed by atoms with E-state index in [1.165, 1.54) is 17.6 Å². The van der Waals surface area contributed by atoms with Crippen LogP contribution in [0.4, 0.5) is 5.00 Å². The Bertz CT molecular complexity index is 1120. The molecule has 0 spiro atoms. The molecule has 142 valence electrons. The summed E-state index contributed by atoms with van der Waals surface area (Å²) in [5.41, 5.74) is 4.10. The van der Waals surface area contributed by atoms with E-state index in [-0.39, 0.29) is 13.0 Å². The zero-order valence-corrected chi connectivity index (χ0v) is 16.1. The van der Waals surface area contributed by atoms with Crippen LogP contribution in [0.25, 0.3) is 11.0 Å². The third kappa shape index (κ3) is 3.51. The van der Waals surface area contributed by atoms with Crippen molar-refractivity contribution in [3.63, 3.8) is 0 Å². The Balaban J connectivity index is 1.35. The number of hydrogen-bond donors (Lipinski definition) is 1. The van der Waals surface area contributed by atoms with Crippen molar-refractivity contribution in [1.82, 2.24) is 0 Å². The molecule has 0 aliphatic heterocycles. The predicted octanol–water partition coefficient (Wildman–Crippen LogP) is 3.89. The van der Waals surface area contributed by atoms with Gasteiger partial charge in [0.1, 0.15) is 16.7 Å². The molecule has 28 heavy (non-hydrogen) atoms. The van der Waals surface area contributed by atoms with Crippen LogP contribution < -0.4 is 5.32 Å². The second kappa shape index (κ2) is 7.49. The molecule has 0 atom stereocenters. The van der Waals surface area contributed by atoms with E-state index in [1.807, 2.05) is 25.1 Å². The second-order valence-electron chi connectivity index (χ2n) is 6.82. The number of carbonyl (C=O) groups excluding carboxylic acids is 2. The fraction of sp³-hybridized carbons (Fsp3) is 0.286. The lowest BCUT2D eigenvalue weighted by atomic mass is 10.1. The number of fused-ring (bicyclic) bond motifs is 2. The molecule has 2 heterocycles. The summed E-state index contributed by atoms with van der Waals surface area (Å²) < 4.78 is 10.6. The zero-order chi connectivity index (χ0) is 19.7. The summed E-state index contributed by atoms with van der Waals surface area (Å²) in [5, 5.41) is 13.5. The molecular weight excluding hydrogens is 376 g/mol. The first-order valence-electron chi connectivity index (χ1n) is 9.02. The molecule has 0 fully saturated rings. The Morgan fingerprint density at radius 1 is 1.36 bits per heavy atom. The van der Waals surface area contributed by atoms with Gasteiger partial charge in [0.25, 0.3) is 5.91 Å². The van der Waals surface area contributed by atoms with Gasteiger partial charge in [-0.2, -0.15) is 5.26 Å². The summed E-state index contributed by atoms with van der Waals surface area (Å²) in [6.45, 7) is 1.58. The molecule has 0 radical (unpaired) electrons. The van der Waals surface area contributed by atoms with Crippen molar-refractivity contribution in [2.24, 2.45) is 0 Å². The van der Waals surface area contributed by atoms with Crippen molar-refractivity contribution in [2.45, 2.75) is 32.6 Å². The average molecular weight is 394 g/mol. The molecule has 1 aromatic carbocycles. The molecule has 0 bridgehead atoms. The third-order valence-corrected chi connectivity index (χ3v) is 6.00. The van der Waals surface area contributed by atoms with Crippen LogP contribution in [0.3, 0.4) is 0 Å². The number of hydrogen-bond acceptors (Lipinski definition) is 6. The van der Waals surface area contributed by atoms with Gasteiger partial charge in [0.2, 0.25) is 0 Å². The Morgan fingerprint density at radius 3 is 3.04 bits per heavy atom. The van der Waals surface area contributed by atoms with Crippen LogP contribution in [-0.4, -0.2) is 18.5 Å². The summed E-state index contributed by atoms with van der Waals surface area (Å²) in [7, 11) is 0. The molecule has 3 aromatic rings. The first-order valence-corrected chi connectivity index (χ1v) is 9.83. The Kier molecular flexibility index (Phi) is 4.88. The van der Waals surface area contributed by atoms with Crippen LogP contribution in [0.2, 0.25) is 0 Å². The van der Waals surface area contributed by atoms with Crippen LogP contribution >= 0.6 is 11.3 Å². The fourth-order valence-electron chi connectivity index (χ4n) is 3.45. The van der Waals surface area contributed by atoms with E-state index in [4.69, 9.17) is 9.15 Å². The molecule has 0 saturated heterocycles. The second-order valence-corrected chi connectivity index (χ2v) is 7.92. The molecule has 1 N–H and O–H groups in total. The molecule has 2 aromatic heterocycles. The van der Waals surface area contributed by atoms with Gasteiger partial charge in [-0.05, 0) is 43.4 Å². The van der Waals surface area contributed by atoms with Gasteiger partial charge >= 0.3 is 5.97 Å². The Hall–Kier alpha value is -3.11. The molecule has 1 amide bonds. The minimum Gasteiger partial charge on any atom is -0.464 e. The normalized spacial score (nSPS) is 12.6. The number of nitriles is 1. The molecule has 1 aliphatic rings. The minimum absolute atomic E-state index is 0.0279. The number of ether oxygens (including phenoxy) is 1. The summed E-state index contributed by atoms with van der Waals surface area (Å²) >= 11 is 1.43. The summed E-state index contributed by atoms with van der Waals surface area (Å²) in [5.74, 6) is -0.954. The lowest BCUT2D eigenvalue weighted by Crippen LogP contribution is -2.21. The van der Waals surface area contributed by atoms with Crippen molar-refractivity contribution in [2.75, 3.05) is 11.9 Å². The van der Waals surface area contributed by atoms with Gasteiger partial charge in [0, 0.05) is 15.8 Å². The average Bonchev–Trinajstić information content (AvgIpc) is 3.34. The molecule has 4 rings (SSSR count). The standard InChI is InChI=1S/C21H18N2O4S/c1-12-5-6-14-13(10-26-17(14)7-12)8-20(25)27-11-19(24)23-21-16(9-22)15-3-2-4-18(15)28-21/h5-7,10H,2-4,8,11H2,1H3,(H,23,24). The number of rotatable bonds is 5. The maximum atomic E-state index is 12.2. The summed E-state index contributed by atoms with van der Waals surface area (Å²) in [6.07, 6.45) is 4.43. The number of amides is 1. The van der Waals surface area contributed by atoms with Crippen LogP contribution in [-0.2, 0) is 33.6 Å². The number of benzene rings is 1. The number of anilines is 1. The van der Waals surface area contributed by atoms with E-state index in [0.29, 0.717) is 10.6 Å². The van der Waals surface area contributed by atoms with E-state index in [0.717, 1.165) is 51.8 Å². The van der Waals surface area contributed by atoms with Gasteiger partial charge in [0.15, 0.2) is 6.61 Å². The van der Waals surface area contributed by atoms with Crippen LogP contribution in [0.1, 0.15) is 33.6 Å². The van der Waals surface area contributed by atoms with Crippen molar-refractivity contribution < 1.29 is 18.7 Å².